The lowest BCUT2D eigenvalue weighted by Crippen LogP contribution is -2.44. The third kappa shape index (κ3) is 2.71. The number of oxime groups is 1. The van der Waals surface area contributed by atoms with Crippen molar-refractivity contribution in [2.75, 3.05) is 13.1 Å². The standard InChI is InChI=1S/C13H15F2N3O2/c14-10-5-1-4-9(11(10)15)13(19)18-6-2-3-8(7-18)12(16)17-20/h1,4-5,8,20H,2-3,6-7H2,(H2,16,17). The zero-order valence-corrected chi connectivity index (χ0v) is 10.7. The van der Waals surface area contributed by atoms with Gasteiger partial charge in [-0.15, -0.1) is 0 Å². The molecule has 1 aromatic carbocycles. The molecule has 3 N–H and O–H groups in total. The van der Waals surface area contributed by atoms with Crippen LogP contribution in [0.2, 0.25) is 0 Å². The number of benzene rings is 1. The van der Waals surface area contributed by atoms with Gasteiger partial charge in [0.1, 0.15) is 5.84 Å². The molecule has 20 heavy (non-hydrogen) atoms. The summed E-state index contributed by atoms with van der Waals surface area (Å²) in [5.74, 6) is -3.02. The first-order valence-electron chi connectivity index (χ1n) is 6.25. The molecule has 1 aliphatic rings. The lowest BCUT2D eigenvalue weighted by atomic mass is 9.96. The Morgan fingerprint density at radius 3 is 2.90 bits per heavy atom. The molecule has 0 bridgehead atoms. The van der Waals surface area contributed by atoms with Crippen LogP contribution in [0.15, 0.2) is 23.4 Å². The molecule has 1 unspecified atom stereocenters. The van der Waals surface area contributed by atoms with Gasteiger partial charge in [-0.2, -0.15) is 0 Å². The first-order chi connectivity index (χ1) is 9.54. The van der Waals surface area contributed by atoms with Gasteiger partial charge in [-0.1, -0.05) is 11.2 Å². The number of hydrogen-bond acceptors (Lipinski definition) is 3. The Morgan fingerprint density at radius 2 is 2.20 bits per heavy atom. The molecule has 1 atom stereocenters. The van der Waals surface area contributed by atoms with Crippen LogP contribution >= 0.6 is 0 Å². The molecule has 1 fully saturated rings. The van der Waals surface area contributed by atoms with Gasteiger partial charge < -0.3 is 15.8 Å². The number of carbonyl (C=O) groups excluding carboxylic acids is 1. The van der Waals surface area contributed by atoms with E-state index in [1.54, 1.807) is 0 Å². The fourth-order valence-electron chi connectivity index (χ4n) is 2.32. The molecule has 0 saturated carbocycles. The second kappa shape index (κ2) is 5.85. The highest BCUT2D eigenvalue weighted by Crippen LogP contribution is 2.20. The minimum Gasteiger partial charge on any atom is -0.409 e. The van der Waals surface area contributed by atoms with Crippen molar-refractivity contribution in [3.05, 3.63) is 35.4 Å². The summed E-state index contributed by atoms with van der Waals surface area (Å²) in [5.41, 5.74) is 5.23. The Morgan fingerprint density at radius 1 is 1.45 bits per heavy atom. The maximum absolute atomic E-state index is 13.6. The van der Waals surface area contributed by atoms with Crippen LogP contribution in [-0.2, 0) is 0 Å². The predicted octanol–water partition coefficient (Wildman–Crippen LogP) is 1.56. The number of rotatable bonds is 2. The third-order valence-corrected chi connectivity index (χ3v) is 3.42. The maximum Gasteiger partial charge on any atom is 0.256 e. The van der Waals surface area contributed by atoms with Crippen molar-refractivity contribution in [3.63, 3.8) is 0 Å². The van der Waals surface area contributed by atoms with Crippen molar-refractivity contribution in [3.8, 4) is 0 Å². The van der Waals surface area contributed by atoms with Crippen molar-refractivity contribution in [2.45, 2.75) is 12.8 Å². The Bertz CT molecular complexity index is 548. The van der Waals surface area contributed by atoms with Gasteiger partial charge in [0.25, 0.3) is 5.91 Å². The van der Waals surface area contributed by atoms with Gasteiger partial charge in [-0.3, -0.25) is 4.79 Å². The average Bonchev–Trinajstić information content (AvgIpc) is 2.48. The van der Waals surface area contributed by atoms with Crippen molar-refractivity contribution in [1.29, 1.82) is 0 Å². The number of nitrogens with two attached hydrogens (primary N) is 1. The number of hydrogen-bond donors (Lipinski definition) is 2. The number of piperidine rings is 1. The van der Waals surface area contributed by atoms with Crippen molar-refractivity contribution in [2.24, 2.45) is 16.8 Å². The summed E-state index contributed by atoms with van der Waals surface area (Å²) in [6.45, 7) is 0.661. The maximum atomic E-state index is 13.6. The average molecular weight is 283 g/mol. The molecule has 0 aromatic heterocycles. The topological polar surface area (TPSA) is 78.9 Å². The number of nitrogens with zero attached hydrogens (tertiary/aromatic N) is 2. The number of halogens is 2. The van der Waals surface area contributed by atoms with E-state index in [1.165, 1.54) is 17.0 Å². The molecule has 2 rings (SSSR count). The molecule has 108 valence electrons. The SMILES string of the molecule is NC(=NO)C1CCCN(C(=O)c2cccc(F)c2F)C1. The lowest BCUT2D eigenvalue weighted by Gasteiger charge is -2.32. The highest BCUT2D eigenvalue weighted by Gasteiger charge is 2.28. The molecule has 1 aromatic rings. The van der Waals surface area contributed by atoms with Gasteiger partial charge in [0, 0.05) is 19.0 Å². The van der Waals surface area contributed by atoms with Gasteiger partial charge in [-0.05, 0) is 25.0 Å². The van der Waals surface area contributed by atoms with Crippen LogP contribution in [0.4, 0.5) is 8.78 Å². The van der Waals surface area contributed by atoms with E-state index < -0.39 is 17.5 Å². The summed E-state index contributed by atoms with van der Waals surface area (Å²) >= 11 is 0. The quantitative estimate of drug-likeness (QED) is 0.374. The number of amidine groups is 1. The van der Waals surface area contributed by atoms with Crippen LogP contribution in [0.3, 0.4) is 0 Å². The van der Waals surface area contributed by atoms with Crippen LogP contribution in [0.25, 0.3) is 0 Å². The first kappa shape index (κ1) is 14.2. The molecule has 1 amide bonds. The minimum atomic E-state index is -1.15. The summed E-state index contributed by atoms with van der Waals surface area (Å²) in [6, 6.07) is 3.49. The fraction of sp³-hybridized carbons (Fsp3) is 0.385. The third-order valence-electron chi connectivity index (χ3n) is 3.42. The van der Waals surface area contributed by atoms with E-state index in [0.29, 0.717) is 19.4 Å². The smallest absolute Gasteiger partial charge is 0.256 e. The van der Waals surface area contributed by atoms with Crippen LogP contribution in [-0.4, -0.2) is 34.9 Å². The van der Waals surface area contributed by atoms with Crippen LogP contribution in [0, 0.1) is 17.6 Å². The second-order valence-corrected chi connectivity index (χ2v) is 4.72. The van der Waals surface area contributed by atoms with Crippen molar-refractivity contribution < 1.29 is 18.8 Å². The summed E-state index contributed by atoms with van der Waals surface area (Å²) in [6.07, 6.45) is 1.34. The summed E-state index contributed by atoms with van der Waals surface area (Å²) in [4.78, 5) is 13.6. The minimum absolute atomic E-state index is 0.0437. The highest BCUT2D eigenvalue weighted by atomic mass is 19.2. The van der Waals surface area contributed by atoms with Crippen LogP contribution in [0.1, 0.15) is 23.2 Å². The molecular weight excluding hydrogens is 268 g/mol. The number of amides is 1. The molecule has 1 heterocycles. The predicted molar refractivity (Wildman–Crippen MR) is 68.4 cm³/mol. The molecule has 1 saturated heterocycles. The van der Waals surface area contributed by atoms with E-state index in [9.17, 15) is 13.6 Å². The lowest BCUT2D eigenvalue weighted by molar-refractivity contribution is 0.0695. The Hall–Kier alpha value is -2.18. The monoisotopic (exact) mass is 283 g/mol. The van der Waals surface area contributed by atoms with E-state index in [0.717, 1.165) is 6.07 Å². The van der Waals surface area contributed by atoms with E-state index >= 15 is 0 Å². The van der Waals surface area contributed by atoms with Gasteiger partial charge in [0.15, 0.2) is 11.6 Å². The zero-order valence-electron chi connectivity index (χ0n) is 10.7. The Labute approximate surface area is 114 Å². The van der Waals surface area contributed by atoms with Gasteiger partial charge in [0.2, 0.25) is 0 Å². The Balaban J connectivity index is 2.19. The molecular formula is C13H15F2N3O2. The van der Waals surface area contributed by atoms with E-state index in [-0.39, 0.29) is 23.9 Å². The van der Waals surface area contributed by atoms with Crippen molar-refractivity contribution >= 4 is 11.7 Å². The van der Waals surface area contributed by atoms with Crippen LogP contribution < -0.4 is 5.73 Å². The fourth-order valence-corrected chi connectivity index (χ4v) is 2.32. The van der Waals surface area contributed by atoms with Crippen LogP contribution in [0.5, 0.6) is 0 Å². The number of carbonyl (C=O) groups is 1. The largest absolute Gasteiger partial charge is 0.409 e. The van der Waals surface area contributed by atoms with E-state index in [2.05, 4.69) is 5.16 Å². The van der Waals surface area contributed by atoms with E-state index in [1.807, 2.05) is 0 Å². The molecule has 5 nitrogen and oxygen atoms in total. The first-order valence-corrected chi connectivity index (χ1v) is 6.25. The van der Waals surface area contributed by atoms with Gasteiger partial charge in [-0.25, -0.2) is 8.78 Å². The second-order valence-electron chi connectivity index (χ2n) is 4.72. The number of likely N-dealkylation sites (tertiary alicyclic amines) is 1. The summed E-state index contributed by atoms with van der Waals surface area (Å²) in [7, 11) is 0. The Kier molecular flexibility index (Phi) is 4.16. The highest BCUT2D eigenvalue weighted by molar-refractivity contribution is 5.95. The molecule has 0 radical (unpaired) electrons. The summed E-state index contributed by atoms with van der Waals surface area (Å²) < 4.78 is 26.8. The molecule has 0 spiro atoms. The van der Waals surface area contributed by atoms with Gasteiger partial charge >= 0.3 is 0 Å². The normalized spacial score (nSPS) is 20.0. The molecule has 7 heteroatoms. The van der Waals surface area contributed by atoms with Crippen molar-refractivity contribution in [1.82, 2.24) is 4.90 Å². The van der Waals surface area contributed by atoms with Gasteiger partial charge in [0.05, 0.1) is 5.56 Å². The molecule has 0 aliphatic carbocycles. The van der Waals surface area contributed by atoms with E-state index in [4.69, 9.17) is 10.9 Å². The molecule has 1 aliphatic heterocycles. The zero-order chi connectivity index (χ0) is 14.7. The summed E-state index contributed by atoms with van der Waals surface area (Å²) in [5, 5.41) is 11.6.